The number of aliphatic imine (C=N–C) groups is 1. The summed E-state index contributed by atoms with van der Waals surface area (Å²) in [4.78, 5) is 2.12. The largest absolute Gasteiger partial charge is 1.00 e. The van der Waals surface area contributed by atoms with Gasteiger partial charge in [-0.1, -0.05) is 66.4 Å². The van der Waals surface area contributed by atoms with Gasteiger partial charge in [-0.2, -0.15) is 16.8 Å². The van der Waals surface area contributed by atoms with Crippen LogP contribution in [0.3, 0.4) is 0 Å². The van der Waals surface area contributed by atoms with Gasteiger partial charge < -0.3 is 14.9 Å². The summed E-state index contributed by atoms with van der Waals surface area (Å²) in [5.41, 5.74) is -0.313. The third-order valence-corrected chi connectivity index (χ3v) is 8.04. The van der Waals surface area contributed by atoms with Gasteiger partial charge in [-0.25, -0.2) is 0 Å². The Morgan fingerprint density at radius 2 is 1.35 bits per heavy atom. The second-order valence-corrected chi connectivity index (χ2v) is 12.2. The molecule has 0 saturated heterocycles. The van der Waals surface area contributed by atoms with Gasteiger partial charge in [0.05, 0.1) is 16.3 Å². The molecule has 5 aromatic carbocycles. The Hall–Kier alpha value is -3.15. The Kier molecular flexibility index (Phi) is 12.3. The van der Waals surface area contributed by atoms with Gasteiger partial charge in [0, 0.05) is 5.39 Å². The van der Waals surface area contributed by atoms with Gasteiger partial charge in [0.1, 0.15) is 16.3 Å². The van der Waals surface area contributed by atoms with Gasteiger partial charge in [-0.15, -0.1) is 10.2 Å². The second kappa shape index (κ2) is 15.2. The summed E-state index contributed by atoms with van der Waals surface area (Å²) >= 11 is 0. The molecule has 0 unspecified atom stereocenters. The average molecular weight is 678 g/mol. The van der Waals surface area contributed by atoms with Crippen LogP contribution in [-0.4, -0.2) is 31.8 Å². The van der Waals surface area contributed by atoms with Crippen LogP contribution in [0.15, 0.2) is 122 Å². The van der Waals surface area contributed by atoms with E-state index in [4.69, 9.17) is 4.74 Å². The summed E-state index contributed by atoms with van der Waals surface area (Å²) in [6.45, 7) is 1.83. The number of nitrogens with zero attached hydrogens (tertiary/aromatic N) is 3. The van der Waals surface area contributed by atoms with E-state index < -0.39 is 58.4 Å². The number of hydrogen-bond acceptors (Lipinski definition) is 10. The van der Waals surface area contributed by atoms with Crippen molar-refractivity contribution in [3.05, 3.63) is 108 Å². The SMILES string of the molecule is Cc1ccccc1Oc1ccccc1N=Nc1c(S(=O)(=O)O)cc2cc(S(=O)(=O)O)cc(N=C([O-])c3ccccc3)c2c1[O-].[Na+].[Na+]. The van der Waals surface area contributed by atoms with Crippen LogP contribution in [0.2, 0.25) is 0 Å². The zero-order valence-corrected chi connectivity index (χ0v) is 30.3. The molecule has 2 N–H and O–H groups in total. The Morgan fingerprint density at radius 3 is 1.98 bits per heavy atom. The van der Waals surface area contributed by atoms with Crippen molar-refractivity contribution in [1.29, 1.82) is 0 Å². The number of aryl methyl sites for hydroxylation is 1. The van der Waals surface area contributed by atoms with E-state index in [1.807, 2.05) is 19.1 Å². The minimum Gasteiger partial charge on any atom is -0.870 e. The molecule has 0 saturated carbocycles. The Morgan fingerprint density at radius 1 is 0.739 bits per heavy atom. The molecule has 16 heteroatoms. The molecule has 0 aliphatic rings. The molecule has 0 radical (unpaired) electrons. The van der Waals surface area contributed by atoms with E-state index in [1.165, 1.54) is 18.2 Å². The quantitative estimate of drug-likeness (QED) is 0.0705. The molecule has 12 nitrogen and oxygen atoms in total. The normalized spacial score (nSPS) is 12.0. The maximum Gasteiger partial charge on any atom is 1.00 e. The number of hydrogen-bond donors (Lipinski definition) is 2. The van der Waals surface area contributed by atoms with Gasteiger partial charge in [-0.05, 0) is 65.7 Å². The number of azo groups is 1. The predicted octanol–water partition coefficient (Wildman–Crippen LogP) is -0.630. The van der Waals surface area contributed by atoms with Gasteiger partial charge >= 0.3 is 59.1 Å². The summed E-state index contributed by atoms with van der Waals surface area (Å²) < 4.78 is 74.4. The fraction of sp³-hybridized carbons (Fsp3) is 0.0333. The third-order valence-electron chi connectivity index (χ3n) is 6.34. The zero-order chi connectivity index (χ0) is 31.6. The molecule has 0 aromatic heterocycles. The first-order valence-corrected chi connectivity index (χ1v) is 15.5. The van der Waals surface area contributed by atoms with Gasteiger partial charge in [0.25, 0.3) is 20.2 Å². The van der Waals surface area contributed by atoms with Crippen LogP contribution in [0.25, 0.3) is 10.8 Å². The first-order chi connectivity index (χ1) is 20.8. The first-order valence-electron chi connectivity index (χ1n) is 12.6. The molecular formula is C30H21N3Na2O9S2. The van der Waals surface area contributed by atoms with Gasteiger partial charge in [-0.3, -0.25) is 14.1 Å². The molecular weight excluding hydrogens is 656 g/mol. The summed E-state index contributed by atoms with van der Waals surface area (Å²) in [6.07, 6.45) is 0. The fourth-order valence-electron chi connectivity index (χ4n) is 4.23. The van der Waals surface area contributed by atoms with E-state index in [2.05, 4.69) is 15.2 Å². The van der Waals surface area contributed by atoms with Gasteiger partial charge in [0.15, 0.2) is 5.75 Å². The standard InChI is InChI=1S/C30H23N3O9S2.2Na/c1-18-9-5-7-13-24(18)42-25-14-8-6-12-22(25)32-33-28-26(44(39,40)41)16-20-15-21(43(36,37)38)17-23(27(20)29(28)34)31-30(35)19-10-3-2-4-11-19;;/h2-17,34H,1H3,(H,31,35)(H,36,37,38)(H,39,40,41);;/q;2*+1/p-2. The maximum atomic E-state index is 13.8. The smallest absolute Gasteiger partial charge is 0.870 e. The second-order valence-electron chi connectivity index (χ2n) is 9.36. The summed E-state index contributed by atoms with van der Waals surface area (Å²) in [7, 11) is -10.0. The molecule has 0 amide bonds. The van der Waals surface area contributed by atoms with Crippen LogP contribution in [-0.2, 0) is 20.2 Å². The number of rotatable bonds is 8. The average Bonchev–Trinajstić information content (AvgIpc) is 2.97. The van der Waals surface area contributed by atoms with Crippen molar-refractivity contribution in [2.24, 2.45) is 15.2 Å². The number of ether oxygens (including phenoxy) is 1. The van der Waals surface area contributed by atoms with E-state index in [-0.39, 0.29) is 81.5 Å². The van der Waals surface area contributed by atoms with Crippen molar-refractivity contribution < 1.29 is 100 Å². The van der Waals surface area contributed by atoms with Crippen LogP contribution in [0, 0.1) is 6.92 Å². The Bertz CT molecular complexity index is 2200. The zero-order valence-electron chi connectivity index (χ0n) is 24.6. The molecule has 0 aliphatic heterocycles. The predicted molar refractivity (Wildman–Crippen MR) is 158 cm³/mol. The van der Waals surface area contributed by atoms with Crippen LogP contribution in [0.4, 0.5) is 17.1 Å². The van der Waals surface area contributed by atoms with Crippen LogP contribution >= 0.6 is 0 Å². The molecule has 0 heterocycles. The third kappa shape index (κ3) is 8.41. The van der Waals surface area contributed by atoms with E-state index in [0.29, 0.717) is 5.75 Å². The van der Waals surface area contributed by atoms with Crippen molar-refractivity contribution in [2.75, 3.05) is 0 Å². The van der Waals surface area contributed by atoms with E-state index in [9.17, 15) is 36.2 Å². The Labute approximate surface area is 308 Å². The topological polar surface area (TPSA) is 201 Å². The van der Waals surface area contributed by atoms with Gasteiger partial charge in [0.2, 0.25) is 0 Å². The van der Waals surface area contributed by atoms with E-state index >= 15 is 0 Å². The molecule has 0 bridgehead atoms. The molecule has 5 aromatic rings. The maximum absolute atomic E-state index is 13.8. The van der Waals surface area contributed by atoms with Crippen molar-refractivity contribution in [1.82, 2.24) is 0 Å². The summed E-state index contributed by atoms with van der Waals surface area (Å²) in [5.74, 6) is -1.28. The van der Waals surface area contributed by atoms with Crippen LogP contribution in [0.1, 0.15) is 11.1 Å². The van der Waals surface area contributed by atoms with E-state index in [1.54, 1.807) is 48.5 Å². The minimum absolute atomic E-state index is 0. The molecule has 5 rings (SSSR count). The fourth-order valence-corrected chi connectivity index (χ4v) is 5.42. The minimum atomic E-state index is -5.14. The van der Waals surface area contributed by atoms with E-state index in [0.717, 1.165) is 23.8 Å². The number of fused-ring (bicyclic) bond motifs is 1. The monoisotopic (exact) mass is 677 g/mol. The van der Waals surface area contributed by atoms with Crippen molar-refractivity contribution in [3.8, 4) is 17.2 Å². The number of para-hydroxylation sites is 2. The Balaban J connectivity index is 0.00000288. The molecule has 0 fully saturated rings. The first kappa shape index (κ1) is 37.3. The number of benzene rings is 5. The summed E-state index contributed by atoms with van der Waals surface area (Å²) in [6, 6.07) is 23.5. The van der Waals surface area contributed by atoms with Crippen molar-refractivity contribution in [3.63, 3.8) is 0 Å². The molecule has 0 atom stereocenters. The molecule has 224 valence electrons. The van der Waals surface area contributed by atoms with Crippen LogP contribution in [0.5, 0.6) is 17.2 Å². The summed E-state index contributed by atoms with van der Waals surface area (Å²) in [5, 5.41) is 33.8. The van der Waals surface area contributed by atoms with Crippen molar-refractivity contribution in [2.45, 2.75) is 16.7 Å². The molecule has 0 aliphatic carbocycles. The molecule has 0 spiro atoms. The van der Waals surface area contributed by atoms with Crippen molar-refractivity contribution >= 4 is 54.0 Å². The molecule has 46 heavy (non-hydrogen) atoms. The van der Waals surface area contributed by atoms with Crippen LogP contribution < -0.4 is 74.1 Å².